The van der Waals surface area contributed by atoms with Crippen LogP contribution in [0.3, 0.4) is 0 Å². The molecule has 4 heteroatoms. The van der Waals surface area contributed by atoms with Gasteiger partial charge < -0.3 is 14.6 Å². The molecule has 0 saturated carbocycles. The lowest BCUT2D eigenvalue weighted by Crippen LogP contribution is -2.26. The zero-order chi connectivity index (χ0) is 28.5. The second kappa shape index (κ2) is 33.2. The Balaban J connectivity index is 3.46. The molecule has 4 nitrogen and oxygen atoms in total. The van der Waals surface area contributed by atoms with Crippen LogP contribution in [0.2, 0.25) is 0 Å². The molecule has 0 saturated heterocycles. The second-order valence-corrected chi connectivity index (χ2v) is 11.7. The number of hydrogen-bond acceptors (Lipinski definition) is 4. The molecule has 0 rings (SSSR count). The van der Waals surface area contributed by atoms with Gasteiger partial charge in [0.05, 0.1) is 12.9 Å². The van der Waals surface area contributed by atoms with Gasteiger partial charge in [-0.3, -0.25) is 4.79 Å². The molecule has 0 heterocycles. The van der Waals surface area contributed by atoms with E-state index in [-0.39, 0.29) is 19.2 Å². The number of esters is 1. The minimum absolute atomic E-state index is 0.197. The van der Waals surface area contributed by atoms with Gasteiger partial charge in [-0.1, -0.05) is 162 Å². The molecule has 0 amide bonds. The van der Waals surface area contributed by atoms with Gasteiger partial charge in [-0.2, -0.15) is 0 Å². The van der Waals surface area contributed by atoms with E-state index in [0.717, 1.165) is 19.3 Å². The van der Waals surface area contributed by atoms with Crippen molar-refractivity contribution in [2.24, 2.45) is 0 Å². The van der Waals surface area contributed by atoms with E-state index in [1.165, 1.54) is 148 Å². The molecular formula is C35H68O4. The van der Waals surface area contributed by atoms with Crippen LogP contribution in [0.1, 0.15) is 187 Å². The normalized spacial score (nSPS) is 12.3. The van der Waals surface area contributed by atoms with Gasteiger partial charge >= 0.3 is 5.97 Å². The average Bonchev–Trinajstić information content (AvgIpc) is 2.94. The standard InChI is InChI=1S/C35H68O4/c1-3-5-7-9-11-13-15-17-19-21-23-25-27-29-31-38-33-34(32-36)39-35(37)30-28-26-24-22-20-18-16-14-12-10-8-6-4-2/h29,31,34,36H,3-28,30,32-33H2,1-2H3/b31-29-. The molecule has 0 aliphatic heterocycles. The molecule has 0 spiro atoms. The third kappa shape index (κ3) is 31.4. The molecule has 232 valence electrons. The van der Waals surface area contributed by atoms with Crippen LogP contribution in [0, 0.1) is 0 Å². The summed E-state index contributed by atoms with van der Waals surface area (Å²) < 4.78 is 10.9. The van der Waals surface area contributed by atoms with Crippen LogP contribution >= 0.6 is 0 Å². The molecule has 0 bridgehead atoms. The Hall–Kier alpha value is -1.03. The molecule has 39 heavy (non-hydrogen) atoms. The molecule has 1 atom stereocenters. The molecule has 0 aliphatic carbocycles. The first-order valence-electron chi connectivity index (χ1n) is 17.3. The van der Waals surface area contributed by atoms with Crippen molar-refractivity contribution in [1.29, 1.82) is 0 Å². The lowest BCUT2D eigenvalue weighted by molar-refractivity contribution is -0.153. The number of aliphatic hydroxyl groups is 1. The van der Waals surface area contributed by atoms with Gasteiger partial charge in [-0.05, 0) is 25.3 Å². The molecule has 0 radical (unpaired) electrons. The number of unbranched alkanes of at least 4 members (excludes halogenated alkanes) is 24. The van der Waals surface area contributed by atoms with Gasteiger partial charge in [0, 0.05) is 6.42 Å². The van der Waals surface area contributed by atoms with E-state index in [4.69, 9.17) is 9.47 Å². The number of carbonyl (C=O) groups is 1. The number of hydrogen-bond donors (Lipinski definition) is 1. The molecular weight excluding hydrogens is 484 g/mol. The van der Waals surface area contributed by atoms with Gasteiger partial charge in [0.25, 0.3) is 0 Å². The largest absolute Gasteiger partial charge is 0.498 e. The fourth-order valence-electron chi connectivity index (χ4n) is 5.06. The maximum absolute atomic E-state index is 12.1. The third-order valence-corrected chi connectivity index (χ3v) is 7.69. The smallest absolute Gasteiger partial charge is 0.306 e. The van der Waals surface area contributed by atoms with Gasteiger partial charge in [-0.25, -0.2) is 0 Å². The molecule has 0 fully saturated rings. The topological polar surface area (TPSA) is 55.8 Å². The fourth-order valence-corrected chi connectivity index (χ4v) is 5.06. The lowest BCUT2D eigenvalue weighted by atomic mass is 10.0. The first kappa shape index (κ1) is 38.0. The molecule has 0 aromatic heterocycles. The Morgan fingerprint density at radius 2 is 0.974 bits per heavy atom. The van der Waals surface area contributed by atoms with Gasteiger partial charge in [0.1, 0.15) is 6.61 Å². The SMILES string of the molecule is CCCCCCCCCCCCCC/C=C\OCC(CO)OC(=O)CCCCCCCCCCCCCCC. The van der Waals surface area contributed by atoms with Crippen LogP contribution in [0.15, 0.2) is 12.3 Å². The van der Waals surface area contributed by atoms with Crippen molar-refractivity contribution in [2.75, 3.05) is 13.2 Å². The van der Waals surface area contributed by atoms with E-state index in [2.05, 4.69) is 13.8 Å². The summed E-state index contributed by atoms with van der Waals surface area (Å²) in [6, 6.07) is 0. The summed E-state index contributed by atoms with van der Waals surface area (Å²) in [5, 5.41) is 9.50. The molecule has 1 N–H and O–H groups in total. The molecule has 0 aromatic carbocycles. The van der Waals surface area contributed by atoms with Crippen molar-refractivity contribution in [3.8, 4) is 0 Å². The Kier molecular flexibility index (Phi) is 32.3. The van der Waals surface area contributed by atoms with Crippen molar-refractivity contribution in [1.82, 2.24) is 0 Å². The van der Waals surface area contributed by atoms with Crippen LogP contribution in [-0.4, -0.2) is 30.4 Å². The Bertz CT molecular complexity index is 505. The maximum Gasteiger partial charge on any atom is 0.306 e. The molecule has 0 aromatic rings. The summed E-state index contributed by atoms with van der Waals surface area (Å²) in [5.41, 5.74) is 0. The van der Waals surface area contributed by atoms with Crippen LogP contribution in [0.5, 0.6) is 0 Å². The highest BCUT2D eigenvalue weighted by Gasteiger charge is 2.13. The number of ether oxygens (including phenoxy) is 2. The minimum Gasteiger partial charge on any atom is -0.498 e. The maximum atomic E-state index is 12.1. The minimum atomic E-state index is -0.573. The summed E-state index contributed by atoms with van der Waals surface area (Å²) in [7, 11) is 0. The third-order valence-electron chi connectivity index (χ3n) is 7.69. The highest BCUT2D eigenvalue weighted by atomic mass is 16.6. The van der Waals surface area contributed by atoms with E-state index in [0.29, 0.717) is 6.42 Å². The molecule has 0 aliphatic rings. The number of rotatable bonds is 32. The lowest BCUT2D eigenvalue weighted by Gasteiger charge is -2.15. The van der Waals surface area contributed by atoms with Crippen molar-refractivity contribution in [2.45, 2.75) is 193 Å². The number of aliphatic hydroxyl groups excluding tert-OH is 1. The average molecular weight is 553 g/mol. The number of carbonyl (C=O) groups excluding carboxylic acids is 1. The van der Waals surface area contributed by atoms with Gasteiger partial charge in [-0.15, -0.1) is 0 Å². The van der Waals surface area contributed by atoms with Crippen LogP contribution in [0.25, 0.3) is 0 Å². The predicted octanol–water partition coefficient (Wildman–Crippen LogP) is 11.0. The second-order valence-electron chi connectivity index (χ2n) is 11.7. The van der Waals surface area contributed by atoms with Crippen LogP contribution in [-0.2, 0) is 14.3 Å². The van der Waals surface area contributed by atoms with E-state index in [9.17, 15) is 9.90 Å². The van der Waals surface area contributed by atoms with Gasteiger partial charge in [0.2, 0.25) is 0 Å². The highest BCUT2D eigenvalue weighted by Crippen LogP contribution is 2.14. The van der Waals surface area contributed by atoms with Crippen molar-refractivity contribution < 1.29 is 19.4 Å². The van der Waals surface area contributed by atoms with Crippen molar-refractivity contribution in [3.63, 3.8) is 0 Å². The first-order chi connectivity index (χ1) is 19.2. The summed E-state index contributed by atoms with van der Waals surface area (Å²) in [4.78, 5) is 12.1. The first-order valence-corrected chi connectivity index (χ1v) is 17.3. The summed E-state index contributed by atoms with van der Waals surface area (Å²) in [6.45, 7) is 4.56. The van der Waals surface area contributed by atoms with E-state index in [1.54, 1.807) is 6.26 Å². The van der Waals surface area contributed by atoms with Crippen LogP contribution in [0.4, 0.5) is 0 Å². The monoisotopic (exact) mass is 553 g/mol. The predicted molar refractivity (Wildman–Crippen MR) is 168 cm³/mol. The van der Waals surface area contributed by atoms with E-state index >= 15 is 0 Å². The summed E-state index contributed by atoms with van der Waals surface area (Å²) in [5.74, 6) is -0.221. The Morgan fingerprint density at radius 1 is 0.590 bits per heavy atom. The number of allylic oxidation sites excluding steroid dienone is 1. The zero-order valence-electron chi connectivity index (χ0n) is 26.4. The van der Waals surface area contributed by atoms with Crippen molar-refractivity contribution >= 4 is 5.97 Å². The van der Waals surface area contributed by atoms with Gasteiger partial charge in [0.15, 0.2) is 6.10 Å². The fraction of sp³-hybridized carbons (Fsp3) is 0.914. The Labute approximate surface area is 244 Å². The van der Waals surface area contributed by atoms with Crippen LogP contribution < -0.4 is 0 Å². The summed E-state index contributed by atoms with van der Waals surface area (Å²) in [6.07, 6.45) is 37.7. The zero-order valence-corrected chi connectivity index (χ0v) is 26.4. The molecule has 1 unspecified atom stereocenters. The summed E-state index contributed by atoms with van der Waals surface area (Å²) >= 11 is 0. The highest BCUT2D eigenvalue weighted by molar-refractivity contribution is 5.69. The van der Waals surface area contributed by atoms with Crippen molar-refractivity contribution in [3.05, 3.63) is 12.3 Å². The van der Waals surface area contributed by atoms with E-state index < -0.39 is 6.10 Å². The quantitative estimate of drug-likeness (QED) is 0.0512. The van der Waals surface area contributed by atoms with E-state index in [1.807, 2.05) is 6.08 Å². The Morgan fingerprint density at radius 3 is 1.38 bits per heavy atom.